The van der Waals surface area contributed by atoms with Crippen LogP contribution in [0.4, 0.5) is 0 Å². The minimum atomic E-state index is 0.305. The molecule has 0 N–H and O–H groups in total. The van der Waals surface area contributed by atoms with Crippen LogP contribution in [0, 0.1) is 5.92 Å². The molecule has 2 heterocycles. The Hall–Kier alpha value is -1.38. The molecular formula is C15H20N2O. The van der Waals surface area contributed by atoms with Crippen molar-refractivity contribution < 1.29 is 4.79 Å². The van der Waals surface area contributed by atoms with Crippen molar-refractivity contribution >= 4 is 5.91 Å². The maximum absolute atomic E-state index is 12.2. The Balaban J connectivity index is 1.52. The summed E-state index contributed by atoms with van der Waals surface area (Å²) in [6, 6.07) is 4.03. The van der Waals surface area contributed by atoms with E-state index in [1.807, 2.05) is 17.2 Å². The number of nitrogens with zero attached hydrogens (tertiary/aromatic N) is 2. The standard InChI is InChI=1S/C15H20N2O/c18-15(8-7-12-4-1-2-5-12)17-10-13-6-3-9-16-14(13)11-17/h3,6,9,12H,1-2,4-5,7-8,10-11H2. The smallest absolute Gasteiger partial charge is 0.223 e. The lowest BCUT2D eigenvalue weighted by atomic mass is 10.0. The van der Waals surface area contributed by atoms with E-state index in [0.717, 1.165) is 31.0 Å². The van der Waals surface area contributed by atoms with E-state index in [1.54, 1.807) is 0 Å². The van der Waals surface area contributed by atoms with Crippen LogP contribution in [0.1, 0.15) is 49.8 Å². The van der Waals surface area contributed by atoms with Gasteiger partial charge >= 0.3 is 0 Å². The third kappa shape index (κ3) is 2.40. The molecule has 1 fully saturated rings. The Kier molecular flexibility index (Phi) is 3.31. The zero-order chi connectivity index (χ0) is 12.4. The fraction of sp³-hybridized carbons (Fsp3) is 0.600. The van der Waals surface area contributed by atoms with E-state index in [9.17, 15) is 4.79 Å². The number of fused-ring (bicyclic) bond motifs is 1. The molecular weight excluding hydrogens is 224 g/mol. The molecule has 1 aromatic heterocycles. The number of hydrogen-bond acceptors (Lipinski definition) is 2. The highest BCUT2D eigenvalue weighted by molar-refractivity contribution is 5.76. The fourth-order valence-corrected chi connectivity index (χ4v) is 3.16. The van der Waals surface area contributed by atoms with Crippen LogP contribution in [0.3, 0.4) is 0 Å². The normalized spacial score (nSPS) is 19.2. The third-order valence-corrected chi connectivity index (χ3v) is 4.28. The van der Waals surface area contributed by atoms with Crippen molar-refractivity contribution in [3.8, 4) is 0 Å². The van der Waals surface area contributed by atoms with E-state index in [4.69, 9.17) is 0 Å². The molecule has 3 heteroatoms. The number of hydrogen-bond donors (Lipinski definition) is 0. The minimum absolute atomic E-state index is 0.305. The monoisotopic (exact) mass is 244 g/mol. The summed E-state index contributed by atoms with van der Waals surface area (Å²) in [4.78, 5) is 18.5. The van der Waals surface area contributed by atoms with Crippen LogP contribution in [0.25, 0.3) is 0 Å². The van der Waals surface area contributed by atoms with Gasteiger partial charge in [0.25, 0.3) is 0 Å². The molecule has 0 radical (unpaired) electrons. The molecule has 18 heavy (non-hydrogen) atoms. The molecule has 0 unspecified atom stereocenters. The zero-order valence-electron chi connectivity index (χ0n) is 10.8. The first kappa shape index (κ1) is 11.7. The molecule has 0 saturated heterocycles. The second-order valence-corrected chi connectivity index (χ2v) is 5.55. The molecule has 0 aromatic carbocycles. The number of amides is 1. The second-order valence-electron chi connectivity index (χ2n) is 5.55. The van der Waals surface area contributed by atoms with Crippen LogP contribution in [0.15, 0.2) is 18.3 Å². The lowest BCUT2D eigenvalue weighted by Crippen LogP contribution is -2.25. The topological polar surface area (TPSA) is 33.2 Å². The number of carbonyl (C=O) groups excluding carboxylic acids is 1. The predicted octanol–water partition coefficient (Wildman–Crippen LogP) is 2.89. The predicted molar refractivity (Wildman–Crippen MR) is 69.7 cm³/mol. The quantitative estimate of drug-likeness (QED) is 0.819. The molecule has 0 atom stereocenters. The summed E-state index contributed by atoms with van der Waals surface area (Å²) in [5.74, 6) is 1.11. The molecule has 2 aliphatic rings. The van der Waals surface area contributed by atoms with Crippen molar-refractivity contribution in [2.24, 2.45) is 5.92 Å². The average Bonchev–Trinajstić information content (AvgIpc) is 3.04. The van der Waals surface area contributed by atoms with Crippen molar-refractivity contribution in [2.75, 3.05) is 0 Å². The van der Waals surface area contributed by atoms with Gasteiger partial charge in [-0.25, -0.2) is 0 Å². The maximum atomic E-state index is 12.2. The van der Waals surface area contributed by atoms with Gasteiger partial charge in [0, 0.05) is 19.2 Å². The molecule has 1 aliphatic heterocycles. The van der Waals surface area contributed by atoms with E-state index in [0.29, 0.717) is 12.5 Å². The Morgan fingerprint density at radius 3 is 2.94 bits per heavy atom. The first-order valence-electron chi connectivity index (χ1n) is 7.03. The van der Waals surface area contributed by atoms with Gasteiger partial charge in [0.15, 0.2) is 0 Å². The van der Waals surface area contributed by atoms with Gasteiger partial charge in [-0.1, -0.05) is 31.7 Å². The molecule has 0 bridgehead atoms. The molecule has 1 aromatic rings. The van der Waals surface area contributed by atoms with Gasteiger partial charge < -0.3 is 4.90 Å². The van der Waals surface area contributed by atoms with Crippen LogP contribution < -0.4 is 0 Å². The van der Waals surface area contributed by atoms with Crippen LogP contribution in [0.2, 0.25) is 0 Å². The summed E-state index contributed by atoms with van der Waals surface area (Å²) in [6.07, 6.45) is 8.99. The van der Waals surface area contributed by atoms with E-state index < -0.39 is 0 Å². The molecule has 1 saturated carbocycles. The summed E-state index contributed by atoms with van der Waals surface area (Å²) < 4.78 is 0. The van der Waals surface area contributed by atoms with Gasteiger partial charge in [0.05, 0.1) is 12.2 Å². The fourth-order valence-electron chi connectivity index (χ4n) is 3.16. The summed E-state index contributed by atoms with van der Waals surface area (Å²) in [6.45, 7) is 1.46. The van der Waals surface area contributed by atoms with Crippen molar-refractivity contribution in [1.29, 1.82) is 0 Å². The van der Waals surface area contributed by atoms with Gasteiger partial charge in [-0.2, -0.15) is 0 Å². The largest absolute Gasteiger partial charge is 0.332 e. The van der Waals surface area contributed by atoms with Gasteiger partial charge in [-0.15, -0.1) is 0 Å². The first-order chi connectivity index (χ1) is 8.83. The lowest BCUT2D eigenvalue weighted by molar-refractivity contribution is -0.132. The van der Waals surface area contributed by atoms with Crippen LogP contribution >= 0.6 is 0 Å². The maximum Gasteiger partial charge on any atom is 0.223 e. The van der Waals surface area contributed by atoms with Crippen LogP contribution in [-0.2, 0) is 17.9 Å². The second kappa shape index (κ2) is 5.09. The lowest BCUT2D eigenvalue weighted by Gasteiger charge is -2.16. The Morgan fingerprint density at radius 1 is 1.33 bits per heavy atom. The number of pyridine rings is 1. The zero-order valence-corrected chi connectivity index (χ0v) is 10.8. The molecule has 96 valence electrons. The Labute approximate surface area is 108 Å². The van der Waals surface area contributed by atoms with Crippen molar-refractivity contribution in [2.45, 2.75) is 51.6 Å². The van der Waals surface area contributed by atoms with Gasteiger partial charge in [0.1, 0.15) is 0 Å². The van der Waals surface area contributed by atoms with Crippen molar-refractivity contribution in [3.05, 3.63) is 29.6 Å². The number of rotatable bonds is 3. The Bertz CT molecular complexity index is 413. The van der Waals surface area contributed by atoms with Crippen LogP contribution in [0.5, 0.6) is 0 Å². The van der Waals surface area contributed by atoms with Gasteiger partial charge in [-0.3, -0.25) is 9.78 Å². The highest BCUT2D eigenvalue weighted by atomic mass is 16.2. The van der Waals surface area contributed by atoms with Crippen molar-refractivity contribution in [3.63, 3.8) is 0 Å². The van der Waals surface area contributed by atoms with E-state index in [1.165, 1.54) is 31.2 Å². The molecule has 0 spiro atoms. The summed E-state index contributed by atoms with van der Waals surface area (Å²) in [5, 5.41) is 0. The summed E-state index contributed by atoms with van der Waals surface area (Å²) in [5.41, 5.74) is 2.29. The van der Waals surface area contributed by atoms with E-state index in [2.05, 4.69) is 11.1 Å². The van der Waals surface area contributed by atoms with Gasteiger partial charge in [0.2, 0.25) is 5.91 Å². The van der Waals surface area contributed by atoms with Crippen molar-refractivity contribution in [1.82, 2.24) is 9.88 Å². The molecule has 1 amide bonds. The highest BCUT2D eigenvalue weighted by Gasteiger charge is 2.24. The molecule has 1 aliphatic carbocycles. The average molecular weight is 244 g/mol. The number of carbonyl (C=O) groups is 1. The van der Waals surface area contributed by atoms with Crippen LogP contribution in [-0.4, -0.2) is 15.8 Å². The van der Waals surface area contributed by atoms with Gasteiger partial charge in [-0.05, 0) is 24.0 Å². The Morgan fingerprint density at radius 2 is 2.17 bits per heavy atom. The van der Waals surface area contributed by atoms with E-state index >= 15 is 0 Å². The summed E-state index contributed by atoms with van der Waals surface area (Å²) >= 11 is 0. The molecule has 3 nitrogen and oxygen atoms in total. The van der Waals surface area contributed by atoms with E-state index in [-0.39, 0.29) is 0 Å². The molecule has 3 rings (SSSR count). The highest BCUT2D eigenvalue weighted by Crippen LogP contribution is 2.29. The summed E-state index contributed by atoms with van der Waals surface area (Å²) in [7, 11) is 0. The SMILES string of the molecule is O=C(CCC1CCCC1)N1Cc2cccnc2C1. The first-order valence-corrected chi connectivity index (χ1v) is 7.03. The third-order valence-electron chi connectivity index (χ3n) is 4.28. The number of aromatic nitrogens is 1. The minimum Gasteiger partial charge on any atom is -0.332 e.